The molecule has 0 aliphatic carbocycles. The molecule has 0 atom stereocenters. The summed E-state index contributed by atoms with van der Waals surface area (Å²) in [7, 11) is 0.175. The SMILES string of the molecule is CC(=Nc1c(C(C)C)cccc1C(C)C)c1cccc(C(C)=Nc2c(C(C)C)cccc2C(C)C)n1.CC[PH+](CC)CC[PH+](CC)CC.[Fe]. The van der Waals surface area contributed by atoms with Gasteiger partial charge >= 0.3 is 0 Å². The maximum absolute atomic E-state index is 5.15. The van der Waals surface area contributed by atoms with Crippen molar-refractivity contribution in [2.24, 2.45) is 9.98 Å². The summed E-state index contributed by atoms with van der Waals surface area (Å²) in [6.45, 7) is 31.5. The predicted octanol–water partition coefficient (Wildman–Crippen LogP) is 13.3. The Morgan fingerprint density at radius 3 is 1.02 bits per heavy atom. The van der Waals surface area contributed by atoms with Crippen LogP contribution in [0.4, 0.5) is 11.4 Å². The van der Waals surface area contributed by atoms with Crippen molar-refractivity contribution in [2.75, 3.05) is 37.0 Å². The van der Waals surface area contributed by atoms with Gasteiger partial charge in [-0.1, -0.05) is 97.9 Å². The van der Waals surface area contributed by atoms with Gasteiger partial charge in [-0.2, -0.15) is 0 Å². The van der Waals surface area contributed by atoms with Crippen LogP contribution in [0.15, 0.2) is 64.6 Å². The van der Waals surface area contributed by atoms with Gasteiger partial charge in [-0.15, -0.1) is 0 Å². The molecule has 49 heavy (non-hydrogen) atoms. The Morgan fingerprint density at radius 2 is 0.776 bits per heavy atom. The monoisotopic (exact) mass is 745 g/mol. The maximum Gasteiger partial charge on any atom is 0.0904 e. The van der Waals surface area contributed by atoms with Gasteiger partial charge in [0.1, 0.15) is 0 Å². The van der Waals surface area contributed by atoms with E-state index in [1.165, 1.54) is 46.9 Å². The van der Waals surface area contributed by atoms with Gasteiger partial charge in [-0.25, -0.2) is 4.98 Å². The summed E-state index contributed by atoms with van der Waals surface area (Å²) in [4.78, 5) is 15.3. The first kappa shape index (κ1) is 45.3. The Hall–Kier alpha value is -1.69. The van der Waals surface area contributed by atoms with Gasteiger partial charge in [-0.05, 0) is 99.6 Å². The minimum atomic E-state index is 0. The molecule has 0 aliphatic rings. The molecule has 0 saturated heterocycles. The van der Waals surface area contributed by atoms with Crippen LogP contribution in [0.1, 0.15) is 154 Å². The van der Waals surface area contributed by atoms with Crippen LogP contribution < -0.4 is 0 Å². The maximum atomic E-state index is 5.15. The van der Waals surface area contributed by atoms with Crippen LogP contribution in [-0.4, -0.2) is 53.4 Å². The second-order valence-corrected chi connectivity index (χ2v) is 21.2. The number of rotatable bonds is 15. The quantitative estimate of drug-likeness (QED) is 0.0867. The smallest absolute Gasteiger partial charge is 0.0904 e. The van der Waals surface area contributed by atoms with E-state index in [2.05, 4.69) is 139 Å². The summed E-state index contributed by atoms with van der Waals surface area (Å²) in [5.74, 6) is 1.61. The van der Waals surface area contributed by atoms with Crippen molar-refractivity contribution in [1.29, 1.82) is 0 Å². The molecule has 272 valence electrons. The Morgan fingerprint density at radius 1 is 0.510 bits per heavy atom. The zero-order valence-corrected chi connectivity index (χ0v) is 36.5. The Kier molecular flexibility index (Phi) is 21.3. The van der Waals surface area contributed by atoms with Gasteiger partial charge in [0.15, 0.2) is 0 Å². The van der Waals surface area contributed by atoms with Crippen molar-refractivity contribution in [1.82, 2.24) is 4.98 Å². The second kappa shape index (κ2) is 23.0. The zero-order valence-electron chi connectivity index (χ0n) is 33.4. The van der Waals surface area contributed by atoms with E-state index in [1.54, 1.807) is 12.3 Å². The molecule has 0 radical (unpaired) electrons. The number of aromatic nitrogens is 1. The van der Waals surface area contributed by atoms with Crippen LogP contribution in [-0.2, 0) is 17.1 Å². The van der Waals surface area contributed by atoms with Gasteiger partial charge < -0.3 is 0 Å². The fourth-order valence-corrected chi connectivity index (χ4v) is 11.4. The minimum absolute atomic E-state index is 0. The first-order valence-corrected chi connectivity index (χ1v) is 23.0. The van der Waals surface area contributed by atoms with Crippen LogP contribution in [0.3, 0.4) is 0 Å². The van der Waals surface area contributed by atoms with E-state index >= 15 is 0 Å². The van der Waals surface area contributed by atoms with Gasteiger partial charge in [0.25, 0.3) is 0 Å². The number of pyridine rings is 1. The third-order valence-corrected chi connectivity index (χ3v) is 16.0. The van der Waals surface area contributed by atoms with E-state index in [0.29, 0.717) is 23.7 Å². The molecule has 0 saturated carbocycles. The van der Waals surface area contributed by atoms with Crippen molar-refractivity contribution in [3.63, 3.8) is 0 Å². The van der Waals surface area contributed by atoms with Crippen LogP contribution >= 0.6 is 15.8 Å². The molecule has 3 nitrogen and oxygen atoms in total. The zero-order chi connectivity index (χ0) is 36.0. The molecule has 0 N–H and O–H groups in total. The molecule has 0 unspecified atom stereocenters. The van der Waals surface area contributed by atoms with Crippen molar-refractivity contribution in [3.8, 4) is 0 Å². The summed E-state index contributed by atoms with van der Waals surface area (Å²) in [5, 5.41) is 0. The largest absolute Gasteiger partial charge is 0.251 e. The number of hydrogen-bond acceptors (Lipinski definition) is 3. The summed E-state index contributed by atoms with van der Waals surface area (Å²) >= 11 is 0. The standard InChI is InChI=1S/C33H43N3.C10H24P2.Fe/c1-20(2)26-14-11-15-27(21(3)4)32(26)34-24(9)30-18-13-19-31(36-30)25(10)35-33-28(22(5)6)16-12-17-29(33)23(7)8;1-5-11(6-2)9-10-12(7-3)8-4;/h11-23H,1-10H3;5-10H2,1-4H3;/p+2. The van der Waals surface area contributed by atoms with E-state index in [1.807, 2.05) is 12.1 Å². The molecule has 0 bridgehead atoms. The van der Waals surface area contributed by atoms with Crippen molar-refractivity contribution < 1.29 is 17.1 Å². The average Bonchev–Trinajstić information content (AvgIpc) is 3.06. The first-order valence-electron chi connectivity index (χ1n) is 18.8. The summed E-state index contributed by atoms with van der Waals surface area (Å²) in [6.07, 6.45) is 9.17. The topological polar surface area (TPSA) is 37.6 Å². The summed E-state index contributed by atoms with van der Waals surface area (Å²) < 4.78 is 0. The second-order valence-electron chi connectivity index (χ2n) is 14.4. The third kappa shape index (κ3) is 13.8. The molecule has 1 aromatic heterocycles. The Balaban J connectivity index is 0.000000789. The third-order valence-electron chi connectivity index (χ3n) is 9.57. The minimum Gasteiger partial charge on any atom is -0.251 e. The summed E-state index contributed by atoms with van der Waals surface area (Å²) in [5.41, 5.74) is 10.9. The van der Waals surface area contributed by atoms with Crippen LogP contribution in [0, 0.1) is 0 Å². The van der Waals surface area contributed by atoms with E-state index in [-0.39, 0.29) is 32.9 Å². The molecule has 3 aromatic rings. The van der Waals surface area contributed by atoms with E-state index < -0.39 is 0 Å². The summed E-state index contributed by atoms with van der Waals surface area (Å²) in [6, 6.07) is 19.2. The number of para-hydroxylation sites is 2. The van der Waals surface area contributed by atoms with E-state index in [9.17, 15) is 0 Å². The normalized spacial score (nSPS) is 12.3. The number of benzene rings is 2. The van der Waals surface area contributed by atoms with Gasteiger partial charge in [0.2, 0.25) is 0 Å². The fraction of sp³-hybridized carbons (Fsp3) is 0.558. The first-order chi connectivity index (χ1) is 22.8. The van der Waals surface area contributed by atoms with Crippen LogP contribution in [0.25, 0.3) is 0 Å². The number of hydrogen-bond donors (Lipinski definition) is 0. The molecule has 2 aromatic carbocycles. The number of aliphatic imine (C=N–C) groups is 2. The van der Waals surface area contributed by atoms with E-state index in [0.717, 1.165) is 34.2 Å². The van der Waals surface area contributed by atoms with Gasteiger partial charge in [-0.3, -0.25) is 9.98 Å². The molecule has 0 fully saturated rings. The van der Waals surface area contributed by atoms with Crippen molar-refractivity contribution in [3.05, 3.63) is 88.2 Å². The molecular weight excluding hydrogens is 676 g/mol. The van der Waals surface area contributed by atoms with E-state index in [4.69, 9.17) is 15.0 Å². The van der Waals surface area contributed by atoms with Crippen molar-refractivity contribution in [2.45, 2.75) is 121 Å². The molecule has 0 aliphatic heterocycles. The van der Waals surface area contributed by atoms with Crippen molar-refractivity contribution >= 4 is 38.6 Å². The molecule has 1 heterocycles. The average molecular weight is 746 g/mol. The van der Waals surface area contributed by atoms with Gasteiger partial charge in [0.05, 0.1) is 71.2 Å². The Bertz CT molecular complexity index is 1310. The molecule has 3 rings (SSSR count). The molecule has 0 amide bonds. The predicted molar refractivity (Wildman–Crippen MR) is 226 cm³/mol. The Labute approximate surface area is 315 Å². The van der Waals surface area contributed by atoms with Crippen LogP contribution in [0.2, 0.25) is 0 Å². The van der Waals surface area contributed by atoms with Crippen LogP contribution in [0.5, 0.6) is 0 Å². The van der Waals surface area contributed by atoms with Gasteiger partial charge in [0, 0.05) is 32.9 Å². The molecule has 6 heteroatoms. The number of nitrogens with zero attached hydrogens (tertiary/aromatic N) is 3. The molecule has 0 spiro atoms. The fourth-order valence-electron chi connectivity index (χ4n) is 6.13. The molecular formula is C43H69FeN3P2+2.